The fraction of sp³-hybridized carbons (Fsp3) is 0.320. The topological polar surface area (TPSA) is 79.4 Å². The molecule has 8 heteroatoms. The van der Waals surface area contributed by atoms with Crippen molar-refractivity contribution in [2.75, 3.05) is 6.61 Å². The second-order valence-electron chi connectivity index (χ2n) is 8.13. The van der Waals surface area contributed by atoms with E-state index in [0.717, 1.165) is 22.0 Å². The summed E-state index contributed by atoms with van der Waals surface area (Å²) < 4.78 is 18.3. The van der Waals surface area contributed by atoms with Crippen molar-refractivity contribution in [3.63, 3.8) is 0 Å². The first-order valence-corrected chi connectivity index (χ1v) is 11.3. The standard InChI is InChI=1S/C25H26ClN3O4/c1-5-31-25(30)16(4)14-29-11-10-17-12-18(6-8-21(17)29)23-27-24(33-28-23)19-7-9-22(20(26)13-19)32-15(2)3/h6-13,15-16H,5,14H2,1-4H3/t16-/m0/s1. The van der Waals surface area contributed by atoms with Gasteiger partial charge in [-0.1, -0.05) is 23.7 Å². The highest BCUT2D eigenvalue weighted by Crippen LogP contribution is 2.32. The van der Waals surface area contributed by atoms with Gasteiger partial charge in [0.05, 0.1) is 23.7 Å². The molecule has 7 nitrogen and oxygen atoms in total. The van der Waals surface area contributed by atoms with Gasteiger partial charge in [-0.05, 0) is 63.2 Å². The van der Waals surface area contributed by atoms with E-state index in [-0.39, 0.29) is 18.0 Å². The van der Waals surface area contributed by atoms with Crippen LogP contribution < -0.4 is 4.74 Å². The molecular weight excluding hydrogens is 442 g/mol. The molecule has 0 aliphatic rings. The lowest BCUT2D eigenvalue weighted by molar-refractivity contribution is -0.147. The number of ether oxygens (including phenoxy) is 2. The average Bonchev–Trinajstić information content (AvgIpc) is 3.42. The van der Waals surface area contributed by atoms with Gasteiger partial charge in [0.1, 0.15) is 5.75 Å². The van der Waals surface area contributed by atoms with Crippen LogP contribution in [0.25, 0.3) is 33.7 Å². The molecule has 0 aliphatic carbocycles. The Morgan fingerprint density at radius 1 is 1.12 bits per heavy atom. The van der Waals surface area contributed by atoms with E-state index in [2.05, 4.69) is 10.1 Å². The van der Waals surface area contributed by atoms with Crippen LogP contribution in [0.2, 0.25) is 5.02 Å². The van der Waals surface area contributed by atoms with E-state index in [0.29, 0.717) is 35.6 Å². The van der Waals surface area contributed by atoms with Gasteiger partial charge in [-0.15, -0.1) is 0 Å². The number of carbonyl (C=O) groups excluding carboxylic acids is 1. The van der Waals surface area contributed by atoms with Gasteiger partial charge < -0.3 is 18.6 Å². The molecule has 0 spiro atoms. The molecular formula is C25H26ClN3O4. The van der Waals surface area contributed by atoms with Crippen LogP contribution in [0, 0.1) is 5.92 Å². The van der Waals surface area contributed by atoms with E-state index < -0.39 is 0 Å². The van der Waals surface area contributed by atoms with Crippen LogP contribution in [0.3, 0.4) is 0 Å². The molecule has 4 rings (SSSR count). The molecule has 0 saturated carbocycles. The van der Waals surface area contributed by atoms with Gasteiger partial charge >= 0.3 is 5.97 Å². The highest BCUT2D eigenvalue weighted by molar-refractivity contribution is 6.32. The van der Waals surface area contributed by atoms with Gasteiger partial charge in [0, 0.05) is 34.8 Å². The number of rotatable bonds is 8. The third-order valence-corrected chi connectivity index (χ3v) is 5.45. The van der Waals surface area contributed by atoms with Crippen LogP contribution in [0.15, 0.2) is 53.2 Å². The van der Waals surface area contributed by atoms with Crippen molar-refractivity contribution in [3.05, 3.63) is 53.7 Å². The Labute approximate surface area is 197 Å². The number of benzene rings is 2. The minimum atomic E-state index is -0.232. The average molecular weight is 468 g/mol. The molecule has 0 radical (unpaired) electrons. The Kier molecular flexibility index (Phi) is 6.70. The van der Waals surface area contributed by atoms with Gasteiger partial charge in [0.2, 0.25) is 5.82 Å². The Hall–Kier alpha value is -3.32. The molecule has 0 N–H and O–H groups in total. The first-order valence-electron chi connectivity index (χ1n) is 10.9. The van der Waals surface area contributed by atoms with E-state index in [4.69, 9.17) is 25.6 Å². The van der Waals surface area contributed by atoms with E-state index in [1.165, 1.54) is 0 Å². The summed E-state index contributed by atoms with van der Waals surface area (Å²) in [6.07, 6.45) is 2.00. The molecule has 4 aromatic rings. The van der Waals surface area contributed by atoms with Crippen LogP contribution in [0.5, 0.6) is 5.75 Å². The summed E-state index contributed by atoms with van der Waals surface area (Å²) in [5.41, 5.74) is 2.57. The number of hydrogen-bond donors (Lipinski definition) is 0. The highest BCUT2D eigenvalue weighted by Gasteiger charge is 2.17. The zero-order chi connectivity index (χ0) is 23.5. The SMILES string of the molecule is CCOC(=O)[C@@H](C)Cn1ccc2cc(-c3noc(-c4ccc(OC(C)C)c(Cl)c4)n3)ccc21. The maximum absolute atomic E-state index is 12.0. The third kappa shape index (κ3) is 5.03. The van der Waals surface area contributed by atoms with E-state index >= 15 is 0 Å². The van der Waals surface area contributed by atoms with Gasteiger partial charge in [-0.2, -0.15) is 4.98 Å². The normalized spacial score (nSPS) is 12.3. The van der Waals surface area contributed by atoms with Crippen molar-refractivity contribution in [1.82, 2.24) is 14.7 Å². The van der Waals surface area contributed by atoms with Gasteiger partial charge in [-0.25, -0.2) is 0 Å². The Balaban J connectivity index is 1.55. The lowest BCUT2D eigenvalue weighted by Gasteiger charge is -2.12. The first-order chi connectivity index (χ1) is 15.9. The minimum Gasteiger partial charge on any atom is -0.489 e. The maximum Gasteiger partial charge on any atom is 0.310 e. The van der Waals surface area contributed by atoms with Gasteiger partial charge in [0.25, 0.3) is 5.89 Å². The molecule has 2 aromatic heterocycles. The lowest BCUT2D eigenvalue weighted by atomic mass is 10.1. The van der Waals surface area contributed by atoms with Crippen molar-refractivity contribution < 1.29 is 18.8 Å². The Bertz CT molecular complexity index is 1280. The number of nitrogens with zero attached hydrogens (tertiary/aromatic N) is 3. The maximum atomic E-state index is 12.0. The van der Waals surface area contributed by atoms with E-state index in [1.807, 2.05) is 68.8 Å². The molecule has 172 valence electrons. The molecule has 1 atom stereocenters. The monoisotopic (exact) mass is 467 g/mol. The molecule has 0 fully saturated rings. The van der Waals surface area contributed by atoms with Crippen LogP contribution in [0.1, 0.15) is 27.7 Å². The van der Waals surface area contributed by atoms with Crippen molar-refractivity contribution in [1.29, 1.82) is 0 Å². The van der Waals surface area contributed by atoms with Crippen molar-refractivity contribution in [2.24, 2.45) is 5.92 Å². The van der Waals surface area contributed by atoms with Crippen molar-refractivity contribution in [2.45, 2.75) is 40.3 Å². The third-order valence-electron chi connectivity index (χ3n) is 5.16. The Morgan fingerprint density at radius 2 is 1.91 bits per heavy atom. The zero-order valence-electron chi connectivity index (χ0n) is 19.0. The predicted molar refractivity (Wildman–Crippen MR) is 127 cm³/mol. The van der Waals surface area contributed by atoms with E-state index in [1.54, 1.807) is 12.1 Å². The summed E-state index contributed by atoms with van der Waals surface area (Å²) in [6, 6.07) is 13.3. The van der Waals surface area contributed by atoms with Crippen molar-refractivity contribution >= 4 is 28.5 Å². The fourth-order valence-corrected chi connectivity index (χ4v) is 3.82. The molecule has 0 bridgehead atoms. The summed E-state index contributed by atoms with van der Waals surface area (Å²) in [5, 5.41) is 5.65. The molecule has 0 amide bonds. The molecule has 33 heavy (non-hydrogen) atoms. The van der Waals surface area contributed by atoms with Crippen LogP contribution in [0.4, 0.5) is 0 Å². The number of halogens is 1. The Morgan fingerprint density at radius 3 is 2.64 bits per heavy atom. The second kappa shape index (κ2) is 9.67. The molecule has 2 heterocycles. The van der Waals surface area contributed by atoms with Gasteiger partial charge in [0.15, 0.2) is 0 Å². The van der Waals surface area contributed by atoms with Gasteiger partial charge in [-0.3, -0.25) is 4.79 Å². The van der Waals surface area contributed by atoms with E-state index in [9.17, 15) is 4.79 Å². The number of esters is 1. The summed E-state index contributed by atoms with van der Waals surface area (Å²) in [5.74, 6) is 1.05. The fourth-order valence-electron chi connectivity index (χ4n) is 3.59. The summed E-state index contributed by atoms with van der Waals surface area (Å²) in [6.45, 7) is 8.50. The number of hydrogen-bond acceptors (Lipinski definition) is 6. The molecule has 0 unspecified atom stereocenters. The lowest BCUT2D eigenvalue weighted by Crippen LogP contribution is -2.19. The van der Waals surface area contributed by atoms with Crippen LogP contribution in [-0.2, 0) is 16.1 Å². The first kappa shape index (κ1) is 22.9. The number of aromatic nitrogens is 3. The molecule has 0 saturated heterocycles. The second-order valence-corrected chi connectivity index (χ2v) is 8.54. The highest BCUT2D eigenvalue weighted by atomic mass is 35.5. The predicted octanol–water partition coefficient (Wildman–Crippen LogP) is 6.00. The van der Waals surface area contributed by atoms with Crippen molar-refractivity contribution in [3.8, 4) is 28.6 Å². The smallest absolute Gasteiger partial charge is 0.310 e. The number of carbonyl (C=O) groups is 1. The molecule has 2 aromatic carbocycles. The molecule has 0 aliphatic heterocycles. The zero-order valence-corrected chi connectivity index (χ0v) is 19.8. The quantitative estimate of drug-likeness (QED) is 0.296. The summed E-state index contributed by atoms with van der Waals surface area (Å²) in [7, 11) is 0. The van der Waals surface area contributed by atoms with Crippen LogP contribution in [-0.4, -0.2) is 33.4 Å². The van der Waals surface area contributed by atoms with Crippen LogP contribution >= 0.6 is 11.6 Å². The largest absolute Gasteiger partial charge is 0.489 e. The summed E-state index contributed by atoms with van der Waals surface area (Å²) in [4.78, 5) is 16.5. The number of fused-ring (bicyclic) bond motifs is 1. The summed E-state index contributed by atoms with van der Waals surface area (Å²) >= 11 is 6.34. The minimum absolute atomic E-state index is 0.0292.